The SMILES string of the molecule is CCSC(C)(C)C(=O)Cl. The quantitative estimate of drug-likeness (QED) is 0.599. The number of rotatable bonds is 3. The average Bonchev–Trinajstić information content (AvgIpc) is 1.65. The fraction of sp³-hybridized carbons (Fsp3) is 0.833. The average molecular weight is 167 g/mol. The number of hydrogen-bond donors (Lipinski definition) is 0. The first-order valence-electron chi connectivity index (χ1n) is 2.84. The molecule has 9 heavy (non-hydrogen) atoms. The van der Waals surface area contributed by atoms with E-state index in [1.54, 1.807) is 11.8 Å². The summed E-state index contributed by atoms with van der Waals surface area (Å²) in [5.41, 5.74) is 0. The maximum Gasteiger partial charge on any atom is 0.237 e. The predicted octanol–water partition coefficient (Wildman–Crippen LogP) is 2.28. The second-order valence-electron chi connectivity index (χ2n) is 2.22. The molecule has 0 atom stereocenters. The normalized spacial score (nSPS) is 11.6. The van der Waals surface area contributed by atoms with Gasteiger partial charge in [-0.15, -0.1) is 11.8 Å². The molecule has 0 aromatic heterocycles. The molecule has 0 unspecified atom stereocenters. The minimum atomic E-state index is -0.406. The lowest BCUT2D eigenvalue weighted by Gasteiger charge is -2.16. The summed E-state index contributed by atoms with van der Waals surface area (Å²) in [6, 6.07) is 0. The zero-order chi connectivity index (χ0) is 7.49. The van der Waals surface area contributed by atoms with Crippen LogP contribution in [0.4, 0.5) is 0 Å². The van der Waals surface area contributed by atoms with Crippen molar-refractivity contribution in [2.75, 3.05) is 5.75 Å². The van der Waals surface area contributed by atoms with E-state index in [2.05, 4.69) is 0 Å². The largest absolute Gasteiger partial charge is 0.280 e. The van der Waals surface area contributed by atoms with E-state index in [4.69, 9.17) is 11.6 Å². The number of halogens is 1. The van der Waals surface area contributed by atoms with Gasteiger partial charge in [-0.25, -0.2) is 0 Å². The Morgan fingerprint density at radius 1 is 1.67 bits per heavy atom. The van der Waals surface area contributed by atoms with E-state index in [-0.39, 0.29) is 5.24 Å². The fourth-order valence-electron chi connectivity index (χ4n) is 0.418. The monoisotopic (exact) mass is 166 g/mol. The second kappa shape index (κ2) is 3.47. The van der Waals surface area contributed by atoms with Crippen molar-refractivity contribution in [3.63, 3.8) is 0 Å². The van der Waals surface area contributed by atoms with Crippen molar-refractivity contribution < 1.29 is 4.79 Å². The Bertz CT molecular complexity index is 112. The molecule has 0 aliphatic heterocycles. The highest BCUT2D eigenvalue weighted by Gasteiger charge is 2.24. The molecule has 1 nitrogen and oxygen atoms in total. The summed E-state index contributed by atoms with van der Waals surface area (Å²) in [6.07, 6.45) is 0. The van der Waals surface area contributed by atoms with Gasteiger partial charge in [-0.05, 0) is 31.2 Å². The van der Waals surface area contributed by atoms with Gasteiger partial charge in [-0.3, -0.25) is 4.79 Å². The summed E-state index contributed by atoms with van der Waals surface area (Å²) in [5.74, 6) is 0.922. The molecule has 0 aliphatic rings. The first-order valence-corrected chi connectivity index (χ1v) is 4.21. The molecule has 0 amide bonds. The zero-order valence-corrected chi connectivity index (χ0v) is 7.47. The Labute approximate surface area is 65.2 Å². The van der Waals surface area contributed by atoms with Crippen LogP contribution < -0.4 is 0 Å². The number of hydrogen-bond acceptors (Lipinski definition) is 2. The van der Waals surface area contributed by atoms with E-state index in [0.717, 1.165) is 5.75 Å². The topological polar surface area (TPSA) is 17.1 Å². The van der Waals surface area contributed by atoms with Gasteiger partial charge >= 0.3 is 0 Å². The van der Waals surface area contributed by atoms with Gasteiger partial charge in [0.05, 0.1) is 4.75 Å². The molecular weight excluding hydrogens is 156 g/mol. The van der Waals surface area contributed by atoms with Crippen molar-refractivity contribution in [3.8, 4) is 0 Å². The molecule has 0 spiro atoms. The first-order chi connectivity index (χ1) is 4.00. The molecule has 0 aromatic rings. The van der Waals surface area contributed by atoms with Gasteiger partial charge < -0.3 is 0 Å². The van der Waals surface area contributed by atoms with Crippen LogP contribution >= 0.6 is 23.4 Å². The molecule has 0 saturated heterocycles. The Kier molecular flexibility index (Phi) is 3.59. The number of carbonyl (C=O) groups is 1. The lowest BCUT2D eigenvalue weighted by molar-refractivity contribution is -0.113. The molecule has 0 fully saturated rings. The third-order valence-electron chi connectivity index (χ3n) is 0.979. The molecule has 3 heteroatoms. The third-order valence-corrected chi connectivity index (χ3v) is 2.76. The van der Waals surface area contributed by atoms with Crippen molar-refractivity contribution in [2.24, 2.45) is 0 Å². The molecule has 54 valence electrons. The van der Waals surface area contributed by atoms with Crippen molar-refractivity contribution in [1.29, 1.82) is 0 Å². The smallest absolute Gasteiger partial charge is 0.237 e. The van der Waals surface area contributed by atoms with Gasteiger partial charge in [0.1, 0.15) is 0 Å². The molecular formula is C6H11ClOS. The molecule has 0 bridgehead atoms. The van der Waals surface area contributed by atoms with E-state index in [1.165, 1.54) is 0 Å². The van der Waals surface area contributed by atoms with Crippen molar-refractivity contribution in [3.05, 3.63) is 0 Å². The number of carbonyl (C=O) groups excluding carboxylic acids is 1. The molecule has 0 aromatic carbocycles. The minimum absolute atomic E-state index is 0.269. The van der Waals surface area contributed by atoms with Crippen LogP contribution in [0.2, 0.25) is 0 Å². The standard InChI is InChI=1S/C6H11ClOS/c1-4-9-6(2,3)5(7)8/h4H2,1-3H3. The van der Waals surface area contributed by atoms with Crippen LogP contribution in [-0.4, -0.2) is 15.7 Å². The van der Waals surface area contributed by atoms with Crippen LogP contribution in [0.25, 0.3) is 0 Å². The Morgan fingerprint density at radius 2 is 2.11 bits per heavy atom. The molecule has 0 N–H and O–H groups in total. The van der Waals surface area contributed by atoms with Crippen LogP contribution in [0.5, 0.6) is 0 Å². The molecule has 0 aliphatic carbocycles. The van der Waals surface area contributed by atoms with Crippen molar-refractivity contribution in [2.45, 2.75) is 25.5 Å². The van der Waals surface area contributed by atoms with Crippen LogP contribution in [0, 0.1) is 0 Å². The Balaban J connectivity index is 3.85. The van der Waals surface area contributed by atoms with Crippen molar-refractivity contribution >= 4 is 28.6 Å². The van der Waals surface area contributed by atoms with E-state index in [0.29, 0.717) is 0 Å². The number of thioether (sulfide) groups is 1. The maximum atomic E-state index is 10.6. The third kappa shape index (κ3) is 3.11. The first kappa shape index (κ1) is 9.31. The van der Waals surface area contributed by atoms with E-state index >= 15 is 0 Å². The Hall–Kier alpha value is 0.310. The predicted molar refractivity (Wildman–Crippen MR) is 43.1 cm³/mol. The summed E-state index contributed by atoms with van der Waals surface area (Å²) in [5, 5.41) is -0.269. The summed E-state index contributed by atoms with van der Waals surface area (Å²) in [4.78, 5) is 10.6. The summed E-state index contributed by atoms with van der Waals surface area (Å²) >= 11 is 6.85. The lowest BCUT2D eigenvalue weighted by atomic mass is 10.2. The summed E-state index contributed by atoms with van der Waals surface area (Å²) < 4.78 is -0.406. The fourth-order valence-corrected chi connectivity index (χ4v) is 1.42. The molecule has 0 saturated carbocycles. The summed E-state index contributed by atoms with van der Waals surface area (Å²) in [7, 11) is 0. The van der Waals surface area contributed by atoms with E-state index < -0.39 is 4.75 Å². The van der Waals surface area contributed by atoms with Gasteiger partial charge in [-0.2, -0.15) is 0 Å². The van der Waals surface area contributed by atoms with Crippen LogP contribution in [0.15, 0.2) is 0 Å². The highest BCUT2D eigenvalue weighted by Crippen LogP contribution is 2.25. The molecule has 0 radical (unpaired) electrons. The zero-order valence-electron chi connectivity index (χ0n) is 5.90. The van der Waals surface area contributed by atoms with E-state index in [9.17, 15) is 4.79 Å². The summed E-state index contributed by atoms with van der Waals surface area (Å²) in [6.45, 7) is 5.67. The van der Waals surface area contributed by atoms with Crippen LogP contribution in [0.1, 0.15) is 20.8 Å². The Morgan fingerprint density at radius 3 is 2.22 bits per heavy atom. The van der Waals surface area contributed by atoms with Gasteiger partial charge in [-0.1, -0.05) is 6.92 Å². The van der Waals surface area contributed by atoms with Crippen molar-refractivity contribution in [1.82, 2.24) is 0 Å². The molecule has 0 rings (SSSR count). The second-order valence-corrected chi connectivity index (χ2v) is 4.45. The lowest BCUT2D eigenvalue weighted by Crippen LogP contribution is -2.23. The van der Waals surface area contributed by atoms with Gasteiger partial charge in [0.15, 0.2) is 0 Å². The van der Waals surface area contributed by atoms with E-state index in [1.807, 2.05) is 20.8 Å². The van der Waals surface area contributed by atoms with Gasteiger partial charge in [0.25, 0.3) is 0 Å². The minimum Gasteiger partial charge on any atom is -0.280 e. The van der Waals surface area contributed by atoms with Gasteiger partial charge in [0.2, 0.25) is 5.24 Å². The maximum absolute atomic E-state index is 10.6. The highest BCUT2D eigenvalue weighted by atomic mass is 35.5. The van der Waals surface area contributed by atoms with Crippen LogP contribution in [0.3, 0.4) is 0 Å². The van der Waals surface area contributed by atoms with Gasteiger partial charge in [0, 0.05) is 0 Å². The molecule has 0 heterocycles. The van der Waals surface area contributed by atoms with Crippen LogP contribution in [-0.2, 0) is 4.79 Å². The highest BCUT2D eigenvalue weighted by molar-refractivity contribution is 8.01.